The Kier molecular flexibility index (Phi) is 2.95. The largest absolute Gasteiger partial charge is 0.508 e. The van der Waals surface area contributed by atoms with Crippen molar-refractivity contribution in [3.63, 3.8) is 0 Å². The summed E-state index contributed by atoms with van der Waals surface area (Å²) in [4.78, 5) is 13.7. The molecule has 3 N–H and O–H groups in total. The van der Waals surface area contributed by atoms with Crippen LogP contribution in [0, 0.1) is 0 Å². The zero-order valence-electron chi connectivity index (χ0n) is 10.7. The maximum Gasteiger partial charge on any atom is 0.265 e. The molecule has 20 heavy (non-hydrogen) atoms. The Bertz CT molecular complexity index is 653. The van der Waals surface area contributed by atoms with E-state index in [0.717, 1.165) is 5.56 Å². The van der Waals surface area contributed by atoms with Gasteiger partial charge in [-0.1, -0.05) is 12.1 Å². The second-order valence-electron chi connectivity index (χ2n) is 4.66. The van der Waals surface area contributed by atoms with E-state index in [1.165, 1.54) is 0 Å². The molecule has 5 heteroatoms. The number of aromatic hydroxyl groups is 1. The first-order valence-corrected chi connectivity index (χ1v) is 6.24. The van der Waals surface area contributed by atoms with Crippen LogP contribution in [-0.4, -0.2) is 17.6 Å². The molecule has 0 unspecified atom stereocenters. The molecule has 2 aromatic carbocycles. The minimum atomic E-state index is -0.102. The van der Waals surface area contributed by atoms with Gasteiger partial charge in [-0.05, 0) is 29.8 Å². The first-order valence-electron chi connectivity index (χ1n) is 6.24. The zero-order valence-corrected chi connectivity index (χ0v) is 10.7. The van der Waals surface area contributed by atoms with E-state index in [1.54, 1.807) is 47.4 Å². The van der Waals surface area contributed by atoms with E-state index in [4.69, 9.17) is 10.5 Å². The van der Waals surface area contributed by atoms with Crippen molar-refractivity contribution in [2.45, 2.75) is 6.54 Å². The van der Waals surface area contributed by atoms with Gasteiger partial charge in [0.25, 0.3) is 5.91 Å². The number of carbonyl (C=O) groups is 1. The molecule has 5 nitrogen and oxygen atoms in total. The Morgan fingerprint density at radius 3 is 2.70 bits per heavy atom. The van der Waals surface area contributed by atoms with E-state index >= 15 is 0 Å². The van der Waals surface area contributed by atoms with E-state index in [9.17, 15) is 9.90 Å². The van der Waals surface area contributed by atoms with Crippen LogP contribution in [0.3, 0.4) is 0 Å². The van der Waals surface area contributed by atoms with Crippen LogP contribution in [0.5, 0.6) is 11.5 Å². The molecule has 0 saturated heterocycles. The van der Waals surface area contributed by atoms with Crippen LogP contribution in [0.15, 0.2) is 42.5 Å². The Morgan fingerprint density at radius 2 is 1.95 bits per heavy atom. The van der Waals surface area contributed by atoms with Gasteiger partial charge in [0.15, 0.2) is 6.61 Å². The number of anilines is 2. The maximum absolute atomic E-state index is 12.0. The van der Waals surface area contributed by atoms with Crippen molar-refractivity contribution in [3.05, 3.63) is 48.0 Å². The molecule has 0 atom stereocenters. The molecule has 1 heterocycles. The van der Waals surface area contributed by atoms with Gasteiger partial charge in [0.2, 0.25) is 0 Å². The number of benzene rings is 2. The fourth-order valence-electron chi connectivity index (χ4n) is 2.18. The summed E-state index contributed by atoms with van der Waals surface area (Å²) in [5.74, 6) is 0.717. The number of amides is 1. The molecule has 0 bridgehead atoms. The predicted octanol–water partition coefficient (Wildman–Crippen LogP) is 1.90. The second kappa shape index (κ2) is 4.77. The molecule has 0 aliphatic carbocycles. The normalized spacial score (nSPS) is 13.8. The Balaban J connectivity index is 1.93. The van der Waals surface area contributed by atoms with Gasteiger partial charge in [-0.3, -0.25) is 4.79 Å². The average molecular weight is 270 g/mol. The Hall–Kier alpha value is -2.69. The fraction of sp³-hybridized carbons (Fsp3) is 0.133. The number of phenolic OH excluding ortho intramolecular Hbond substituents is 1. The first-order chi connectivity index (χ1) is 9.63. The van der Waals surface area contributed by atoms with Crippen molar-refractivity contribution >= 4 is 17.3 Å². The third kappa shape index (κ3) is 2.25. The molecule has 2 aromatic rings. The van der Waals surface area contributed by atoms with E-state index < -0.39 is 0 Å². The van der Waals surface area contributed by atoms with E-state index in [-0.39, 0.29) is 18.3 Å². The monoisotopic (exact) mass is 270 g/mol. The lowest BCUT2D eigenvalue weighted by atomic mass is 10.1. The minimum absolute atomic E-state index is 0.00847. The summed E-state index contributed by atoms with van der Waals surface area (Å²) in [5, 5.41) is 9.29. The Morgan fingerprint density at radius 1 is 1.20 bits per heavy atom. The van der Waals surface area contributed by atoms with E-state index in [2.05, 4.69) is 0 Å². The van der Waals surface area contributed by atoms with Gasteiger partial charge in [0.1, 0.15) is 11.5 Å². The van der Waals surface area contributed by atoms with Crippen LogP contribution in [0.2, 0.25) is 0 Å². The summed E-state index contributed by atoms with van der Waals surface area (Å²) in [6.45, 7) is 0.438. The SMILES string of the molecule is Nc1ccc2c(c1)OCC(=O)N2Cc1ccc(O)cc1. The van der Waals surface area contributed by atoms with Gasteiger partial charge in [-0.2, -0.15) is 0 Å². The number of nitrogens with zero attached hydrogens (tertiary/aromatic N) is 1. The van der Waals surface area contributed by atoms with Crippen LogP contribution in [0.4, 0.5) is 11.4 Å². The summed E-state index contributed by atoms with van der Waals surface area (Å²) < 4.78 is 5.39. The summed E-state index contributed by atoms with van der Waals surface area (Å²) in [6.07, 6.45) is 0. The molecule has 0 saturated carbocycles. The molecule has 102 valence electrons. The molecule has 1 aliphatic rings. The lowest BCUT2D eigenvalue weighted by Crippen LogP contribution is -2.38. The minimum Gasteiger partial charge on any atom is -0.508 e. The molecule has 0 fully saturated rings. The van der Waals surface area contributed by atoms with Gasteiger partial charge in [-0.25, -0.2) is 0 Å². The number of carbonyl (C=O) groups excluding carboxylic acids is 1. The van der Waals surface area contributed by atoms with Crippen molar-refractivity contribution in [2.24, 2.45) is 0 Å². The van der Waals surface area contributed by atoms with Gasteiger partial charge in [0, 0.05) is 11.8 Å². The van der Waals surface area contributed by atoms with Gasteiger partial charge >= 0.3 is 0 Å². The molecule has 0 aromatic heterocycles. The highest BCUT2D eigenvalue weighted by atomic mass is 16.5. The fourth-order valence-corrected chi connectivity index (χ4v) is 2.18. The van der Waals surface area contributed by atoms with Crippen molar-refractivity contribution in [3.8, 4) is 11.5 Å². The summed E-state index contributed by atoms with van der Waals surface area (Å²) >= 11 is 0. The van der Waals surface area contributed by atoms with E-state index in [1.807, 2.05) is 0 Å². The predicted molar refractivity (Wildman–Crippen MR) is 75.6 cm³/mol. The number of hydrogen-bond acceptors (Lipinski definition) is 4. The van der Waals surface area contributed by atoms with Crippen molar-refractivity contribution in [1.82, 2.24) is 0 Å². The van der Waals surface area contributed by atoms with Crippen molar-refractivity contribution in [1.29, 1.82) is 0 Å². The number of nitrogens with two attached hydrogens (primary N) is 1. The zero-order chi connectivity index (χ0) is 14.1. The Labute approximate surface area is 116 Å². The van der Waals surface area contributed by atoms with Crippen molar-refractivity contribution in [2.75, 3.05) is 17.2 Å². The van der Waals surface area contributed by atoms with Crippen LogP contribution in [-0.2, 0) is 11.3 Å². The maximum atomic E-state index is 12.0. The van der Waals surface area contributed by atoms with Crippen LogP contribution >= 0.6 is 0 Å². The number of fused-ring (bicyclic) bond motifs is 1. The molecule has 0 spiro atoms. The molecule has 0 radical (unpaired) electrons. The molecule has 1 aliphatic heterocycles. The van der Waals surface area contributed by atoms with Crippen LogP contribution in [0.25, 0.3) is 0 Å². The lowest BCUT2D eigenvalue weighted by Gasteiger charge is -2.29. The third-order valence-corrected chi connectivity index (χ3v) is 3.20. The molecular weight excluding hydrogens is 256 g/mol. The average Bonchev–Trinajstić information content (AvgIpc) is 2.44. The smallest absolute Gasteiger partial charge is 0.265 e. The van der Waals surface area contributed by atoms with E-state index in [0.29, 0.717) is 23.7 Å². The number of phenols is 1. The number of ether oxygens (including phenoxy) is 1. The molecule has 1 amide bonds. The van der Waals surface area contributed by atoms with Crippen LogP contribution in [0.1, 0.15) is 5.56 Å². The highest BCUT2D eigenvalue weighted by Gasteiger charge is 2.25. The van der Waals surface area contributed by atoms with Gasteiger partial charge in [0.05, 0.1) is 12.2 Å². The lowest BCUT2D eigenvalue weighted by molar-refractivity contribution is -0.121. The topological polar surface area (TPSA) is 75.8 Å². The highest BCUT2D eigenvalue weighted by molar-refractivity contribution is 5.98. The molecule has 3 rings (SSSR count). The second-order valence-corrected chi connectivity index (χ2v) is 4.66. The number of nitrogen functional groups attached to an aromatic ring is 1. The first kappa shape index (κ1) is 12.3. The summed E-state index contributed by atoms with van der Waals surface area (Å²) in [7, 11) is 0. The quantitative estimate of drug-likeness (QED) is 0.817. The standard InChI is InChI=1S/C15H14N2O3/c16-11-3-6-13-14(7-11)20-9-15(19)17(13)8-10-1-4-12(18)5-2-10/h1-7,18H,8-9,16H2. The highest BCUT2D eigenvalue weighted by Crippen LogP contribution is 2.34. The van der Waals surface area contributed by atoms with Crippen molar-refractivity contribution < 1.29 is 14.6 Å². The third-order valence-electron chi connectivity index (χ3n) is 3.20. The number of hydrogen-bond donors (Lipinski definition) is 2. The van der Waals surface area contributed by atoms with Crippen LogP contribution < -0.4 is 15.4 Å². The van der Waals surface area contributed by atoms with Gasteiger partial charge in [-0.15, -0.1) is 0 Å². The molecular formula is C15H14N2O3. The van der Waals surface area contributed by atoms with Gasteiger partial charge < -0.3 is 20.5 Å². The number of rotatable bonds is 2. The summed E-state index contributed by atoms with van der Waals surface area (Å²) in [5.41, 5.74) is 7.96. The summed E-state index contributed by atoms with van der Waals surface area (Å²) in [6, 6.07) is 12.0.